The predicted octanol–water partition coefficient (Wildman–Crippen LogP) is 1.12. The summed E-state index contributed by atoms with van der Waals surface area (Å²) in [5.74, 6) is -1.52. The number of carbonyl (C=O) groups is 2. The van der Waals surface area contributed by atoms with Crippen molar-refractivity contribution < 1.29 is 19.4 Å². The van der Waals surface area contributed by atoms with Crippen LogP contribution in [0, 0.1) is 6.92 Å². The Kier molecular flexibility index (Phi) is 5.48. The van der Waals surface area contributed by atoms with E-state index >= 15 is 0 Å². The molecule has 1 rings (SSSR count). The molecular formula is C14H23N3O4. The number of hydrogen-bond acceptors (Lipinski definition) is 4. The van der Waals surface area contributed by atoms with Crippen LogP contribution in [-0.4, -0.2) is 45.0 Å². The van der Waals surface area contributed by atoms with Gasteiger partial charge in [0.1, 0.15) is 6.04 Å². The molecule has 2 N–H and O–H groups in total. The first-order valence-corrected chi connectivity index (χ1v) is 6.78. The average Bonchev–Trinajstić information content (AvgIpc) is 2.67. The minimum absolute atomic E-state index is 0.206. The van der Waals surface area contributed by atoms with E-state index in [0.717, 1.165) is 0 Å². The number of nitrogens with zero attached hydrogens (tertiary/aromatic N) is 2. The van der Waals surface area contributed by atoms with Gasteiger partial charge in [-0.15, -0.1) is 0 Å². The third kappa shape index (κ3) is 5.18. The highest BCUT2D eigenvalue weighted by atomic mass is 16.5. The van der Waals surface area contributed by atoms with Gasteiger partial charge in [-0.3, -0.25) is 9.48 Å². The Balaban J connectivity index is 2.64. The number of rotatable bonds is 6. The van der Waals surface area contributed by atoms with Crippen LogP contribution in [0.2, 0.25) is 0 Å². The number of aromatic nitrogens is 2. The second kappa shape index (κ2) is 6.71. The molecule has 0 aliphatic rings. The highest BCUT2D eigenvalue weighted by Gasteiger charge is 2.23. The number of carbonyl (C=O) groups excluding carboxylic acids is 1. The molecule has 1 amide bonds. The lowest BCUT2D eigenvalue weighted by Gasteiger charge is -2.21. The summed E-state index contributed by atoms with van der Waals surface area (Å²) < 4.78 is 7.06. The maximum absolute atomic E-state index is 12.1. The van der Waals surface area contributed by atoms with Gasteiger partial charge < -0.3 is 15.2 Å². The molecule has 1 aromatic rings. The molecular weight excluding hydrogens is 274 g/mol. The Morgan fingerprint density at radius 1 is 1.48 bits per heavy atom. The Morgan fingerprint density at radius 3 is 2.52 bits per heavy atom. The number of nitrogens with one attached hydrogen (secondary N) is 1. The van der Waals surface area contributed by atoms with Crippen molar-refractivity contribution in [1.82, 2.24) is 15.1 Å². The Bertz CT molecular complexity index is 517. The lowest BCUT2D eigenvalue weighted by atomic mass is 10.1. The zero-order chi connectivity index (χ0) is 16.2. The number of hydrogen-bond donors (Lipinski definition) is 2. The predicted molar refractivity (Wildman–Crippen MR) is 77.2 cm³/mol. The molecule has 0 spiro atoms. The van der Waals surface area contributed by atoms with Crippen LogP contribution in [0.4, 0.5) is 0 Å². The van der Waals surface area contributed by atoms with Gasteiger partial charge in [0.25, 0.3) is 5.91 Å². The fourth-order valence-electron chi connectivity index (χ4n) is 1.70. The van der Waals surface area contributed by atoms with Crippen LogP contribution in [-0.2, 0) is 16.6 Å². The minimum atomic E-state index is -1.08. The standard InChI is InChI=1S/C14H23N3O4/c1-9-10(8-15-17(9)5)12(18)16-11(13(19)20)6-7-21-14(2,3)4/h8,11H,6-7H2,1-5H3,(H,16,18)(H,19,20). The third-order valence-corrected chi connectivity index (χ3v) is 3.02. The molecule has 0 aliphatic carbocycles. The fourth-order valence-corrected chi connectivity index (χ4v) is 1.70. The number of aliphatic carboxylic acids is 1. The smallest absolute Gasteiger partial charge is 0.326 e. The van der Waals surface area contributed by atoms with Crippen LogP contribution in [0.3, 0.4) is 0 Å². The molecule has 7 heteroatoms. The number of carboxylic acids is 1. The summed E-state index contributed by atoms with van der Waals surface area (Å²) in [5, 5.41) is 15.7. The van der Waals surface area contributed by atoms with E-state index in [-0.39, 0.29) is 18.6 Å². The molecule has 0 radical (unpaired) electrons. The highest BCUT2D eigenvalue weighted by molar-refractivity contribution is 5.97. The van der Waals surface area contributed by atoms with Crippen LogP contribution in [0.15, 0.2) is 6.20 Å². The van der Waals surface area contributed by atoms with Crippen molar-refractivity contribution in [3.8, 4) is 0 Å². The normalized spacial score (nSPS) is 13.0. The molecule has 0 fully saturated rings. The van der Waals surface area contributed by atoms with Gasteiger partial charge in [0.15, 0.2) is 0 Å². The molecule has 0 saturated carbocycles. The molecule has 7 nitrogen and oxygen atoms in total. The lowest BCUT2D eigenvalue weighted by Crippen LogP contribution is -2.42. The van der Waals surface area contributed by atoms with Crippen LogP contribution in [0.5, 0.6) is 0 Å². The van der Waals surface area contributed by atoms with Gasteiger partial charge in [-0.05, 0) is 27.7 Å². The Hall–Kier alpha value is -1.89. The zero-order valence-corrected chi connectivity index (χ0v) is 13.1. The number of ether oxygens (including phenoxy) is 1. The lowest BCUT2D eigenvalue weighted by molar-refractivity contribution is -0.140. The van der Waals surface area contributed by atoms with Gasteiger partial charge in [-0.1, -0.05) is 0 Å². The van der Waals surface area contributed by atoms with Gasteiger partial charge in [0.2, 0.25) is 0 Å². The first-order valence-electron chi connectivity index (χ1n) is 6.78. The van der Waals surface area contributed by atoms with Gasteiger partial charge in [0.05, 0.1) is 17.4 Å². The molecule has 1 unspecified atom stereocenters. The summed E-state index contributed by atoms with van der Waals surface area (Å²) in [6.07, 6.45) is 1.63. The highest BCUT2D eigenvalue weighted by Crippen LogP contribution is 2.09. The van der Waals surface area contributed by atoms with E-state index in [1.165, 1.54) is 6.20 Å². The molecule has 21 heavy (non-hydrogen) atoms. The first-order chi connectivity index (χ1) is 9.61. The largest absolute Gasteiger partial charge is 0.480 e. The van der Waals surface area contributed by atoms with Crippen LogP contribution < -0.4 is 5.32 Å². The molecule has 1 aromatic heterocycles. The number of aryl methyl sites for hydroxylation is 1. The van der Waals surface area contributed by atoms with Gasteiger partial charge in [0, 0.05) is 25.8 Å². The van der Waals surface area contributed by atoms with Crippen LogP contribution in [0.1, 0.15) is 43.2 Å². The van der Waals surface area contributed by atoms with Crippen molar-refractivity contribution in [3.05, 3.63) is 17.5 Å². The van der Waals surface area contributed by atoms with Gasteiger partial charge in [-0.25, -0.2) is 4.79 Å². The zero-order valence-electron chi connectivity index (χ0n) is 13.1. The second-order valence-electron chi connectivity index (χ2n) is 5.88. The Labute approximate surface area is 124 Å². The molecule has 0 saturated heterocycles. The maximum atomic E-state index is 12.1. The summed E-state index contributed by atoms with van der Waals surface area (Å²) in [4.78, 5) is 23.3. The quantitative estimate of drug-likeness (QED) is 0.820. The topological polar surface area (TPSA) is 93.4 Å². The van der Waals surface area contributed by atoms with Crippen molar-refractivity contribution in [2.45, 2.75) is 45.8 Å². The fraction of sp³-hybridized carbons (Fsp3) is 0.643. The minimum Gasteiger partial charge on any atom is -0.480 e. The summed E-state index contributed by atoms with van der Waals surface area (Å²) in [6, 6.07) is -0.987. The molecule has 1 heterocycles. The second-order valence-corrected chi connectivity index (χ2v) is 5.88. The third-order valence-electron chi connectivity index (χ3n) is 3.02. The van der Waals surface area contributed by atoms with E-state index in [4.69, 9.17) is 4.74 Å². The van der Waals surface area contributed by atoms with Crippen molar-refractivity contribution >= 4 is 11.9 Å². The summed E-state index contributed by atoms with van der Waals surface area (Å²) in [7, 11) is 1.72. The van der Waals surface area contributed by atoms with E-state index in [0.29, 0.717) is 11.3 Å². The van der Waals surface area contributed by atoms with Crippen molar-refractivity contribution in [2.24, 2.45) is 7.05 Å². The summed E-state index contributed by atoms with van der Waals surface area (Å²) >= 11 is 0. The molecule has 0 aromatic carbocycles. The van der Waals surface area contributed by atoms with Crippen molar-refractivity contribution in [1.29, 1.82) is 0 Å². The number of amides is 1. The molecule has 118 valence electrons. The monoisotopic (exact) mass is 297 g/mol. The first kappa shape index (κ1) is 17.2. The van der Waals surface area contributed by atoms with Crippen LogP contribution in [0.25, 0.3) is 0 Å². The molecule has 0 bridgehead atoms. The summed E-state index contributed by atoms with van der Waals surface area (Å²) in [6.45, 7) is 7.67. The number of carboxylic acid groups (broad SMARTS) is 1. The Morgan fingerprint density at radius 2 is 2.10 bits per heavy atom. The van der Waals surface area contributed by atoms with Crippen molar-refractivity contribution in [3.63, 3.8) is 0 Å². The maximum Gasteiger partial charge on any atom is 0.326 e. The molecule has 1 atom stereocenters. The van der Waals surface area contributed by atoms with Crippen molar-refractivity contribution in [2.75, 3.05) is 6.61 Å². The van der Waals surface area contributed by atoms with Crippen LogP contribution >= 0.6 is 0 Å². The van der Waals surface area contributed by atoms with E-state index in [2.05, 4.69) is 10.4 Å². The molecule has 0 aliphatic heterocycles. The van der Waals surface area contributed by atoms with Gasteiger partial charge in [-0.2, -0.15) is 5.10 Å². The average molecular weight is 297 g/mol. The SMILES string of the molecule is Cc1c(C(=O)NC(CCOC(C)(C)C)C(=O)O)cnn1C. The summed E-state index contributed by atoms with van der Waals surface area (Å²) in [5.41, 5.74) is 0.718. The van der Waals surface area contributed by atoms with E-state index in [1.54, 1.807) is 18.7 Å². The van der Waals surface area contributed by atoms with E-state index in [1.807, 2.05) is 20.8 Å². The van der Waals surface area contributed by atoms with E-state index in [9.17, 15) is 14.7 Å². The van der Waals surface area contributed by atoms with Gasteiger partial charge >= 0.3 is 5.97 Å². The van der Waals surface area contributed by atoms with E-state index < -0.39 is 17.9 Å².